The molecule has 96 valence electrons. The normalized spacial score (nSPS) is 11.8. The molecule has 1 rings (SSSR count). The molecule has 0 unspecified atom stereocenters. The van der Waals surface area contributed by atoms with Gasteiger partial charge in [0, 0.05) is 16.1 Å². The average molecular weight is 258 g/mol. The van der Waals surface area contributed by atoms with E-state index in [-0.39, 0.29) is 6.10 Å². The summed E-state index contributed by atoms with van der Waals surface area (Å²) in [6.07, 6.45) is 0.0310. The van der Waals surface area contributed by atoms with Crippen LogP contribution in [-0.4, -0.2) is 13.2 Å². The minimum atomic E-state index is -0.587. The molecule has 0 spiro atoms. The summed E-state index contributed by atoms with van der Waals surface area (Å²) >= 11 is 6.21. The molecule has 0 amide bonds. The van der Waals surface area contributed by atoms with E-state index in [0.717, 1.165) is 5.56 Å². The summed E-state index contributed by atoms with van der Waals surface area (Å²) < 4.78 is 11.1. The lowest BCUT2D eigenvalue weighted by molar-refractivity contribution is 0.224. The van der Waals surface area contributed by atoms with Gasteiger partial charge in [-0.05, 0) is 39.8 Å². The molecule has 0 aliphatic heterocycles. The Morgan fingerprint density at radius 3 is 2.29 bits per heavy atom. The van der Waals surface area contributed by atoms with E-state index in [2.05, 4.69) is 0 Å². The summed E-state index contributed by atoms with van der Waals surface area (Å²) in [5.74, 6) is 1.28. The van der Waals surface area contributed by atoms with Gasteiger partial charge in [0.05, 0.1) is 13.2 Å². The van der Waals surface area contributed by atoms with E-state index >= 15 is 0 Å². The van der Waals surface area contributed by atoms with Gasteiger partial charge in [-0.2, -0.15) is 0 Å². The number of rotatable bonds is 4. The summed E-state index contributed by atoms with van der Waals surface area (Å²) in [4.78, 5) is 0. The van der Waals surface area contributed by atoms with E-state index in [1.54, 1.807) is 19.2 Å². The van der Waals surface area contributed by atoms with Gasteiger partial charge in [-0.3, -0.25) is 0 Å². The molecule has 0 atom stereocenters. The van der Waals surface area contributed by atoms with Crippen molar-refractivity contribution >= 4 is 11.6 Å². The first-order chi connectivity index (χ1) is 7.77. The zero-order valence-corrected chi connectivity index (χ0v) is 11.8. The highest BCUT2D eigenvalue weighted by Gasteiger charge is 2.26. The van der Waals surface area contributed by atoms with Crippen LogP contribution in [0.5, 0.6) is 11.5 Å². The third kappa shape index (κ3) is 3.27. The van der Waals surface area contributed by atoms with Crippen LogP contribution in [0, 0.1) is 0 Å². The second kappa shape index (κ2) is 5.15. The predicted octanol–water partition coefficient (Wildman–Crippen LogP) is 3.33. The Kier molecular flexibility index (Phi) is 4.28. The van der Waals surface area contributed by atoms with Gasteiger partial charge in [-0.1, -0.05) is 11.6 Å². The van der Waals surface area contributed by atoms with Crippen LogP contribution in [0.4, 0.5) is 0 Å². The van der Waals surface area contributed by atoms with Gasteiger partial charge in [-0.25, -0.2) is 0 Å². The van der Waals surface area contributed by atoms with Crippen LogP contribution in [-0.2, 0) is 5.54 Å². The molecular weight excluding hydrogens is 238 g/mol. The number of benzene rings is 1. The average Bonchev–Trinajstić information content (AvgIpc) is 2.15. The van der Waals surface area contributed by atoms with Crippen LogP contribution in [0.3, 0.4) is 0 Å². The summed E-state index contributed by atoms with van der Waals surface area (Å²) in [6, 6.07) is 3.56. The van der Waals surface area contributed by atoms with Crippen LogP contribution < -0.4 is 15.2 Å². The van der Waals surface area contributed by atoms with Gasteiger partial charge >= 0.3 is 0 Å². The Morgan fingerprint density at radius 2 is 1.88 bits per heavy atom. The van der Waals surface area contributed by atoms with Crippen LogP contribution in [0.15, 0.2) is 12.1 Å². The van der Waals surface area contributed by atoms with Crippen molar-refractivity contribution in [1.29, 1.82) is 0 Å². The monoisotopic (exact) mass is 257 g/mol. The number of halogens is 1. The summed E-state index contributed by atoms with van der Waals surface area (Å²) in [5.41, 5.74) is 6.32. The number of hydrogen-bond acceptors (Lipinski definition) is 3. The van der Waals surface area contributed by atoms with Crippen LogP contribution in [0.1, 0.15) is 33.3 Å². The highest BCUT2D eigenvalue weighted by Crippen LogP contribution is 2.41. The lowest BCUT2D eigenvalue weighted by atomic mass is 9.94. The quantitative estimate of drug-likeness (QED) is 0.900. The van der Waals surface area contributed by atoms with Gasteiger partial charge in [0.15, 0.2) is 11.5 Å². The molecule has 2 N–H and O–H groups in total. The van der Waals surface area contributed by atoms with E-state index in [9.17, 15) is 0 Å². The van der Waals surface area contributed by atoms with Gasteiger partial charge in [0.2, 0.25) is 0 Å². The number of ether oxygens (including phenoxy) is 2. The van der Waals surface area contributed by atoms with Crippen LogP contribution >= 0.6 is 11.6 Å². The fraction of sp³-hybridized carbons (Fsp3) is 0.538. The first-order valence-corrected chi connectivity index (χ1v) is 5.97. The van der Waals surface area contributed by atoms with E-state index in [1.165, 1.54) is 0 Å². The first kappa shape index (κ1) is 14.1. The molecule has 0 fully saturated rings. The minimum absolute atomic E-state index is 0.0310. The van der Waals surface area contributed by atoms with Crippen molar-refractivity contribution < 1.29 is 9.47 Å². The zero-order valence-electron chi connectivity index (χ0n) is 11.0. The molecule has 1 aromatic carbocycles. The molecule has 3 nitrogen and oxygen atoms in total. The summed E-state index contributed by atoms with van der Waals surface area (Å²) in [6.45, 7) is 7.68. The van der Waals surface area contributed by atoms with Gasteiger partial charge < -0.3 is 15.2 Å². The maximum atomic E-state index is 6.21. The fourth-order valence-corrected chi connectivity index (χ4v) is 2.05. The number of methoxy groups -OCH3 is 1. The molecule has 1 aromatic rings. The standard InChI is InChI=1S/C13H20ClNO2/c1-8(2)17-12-10(16-5)7-6-9(14)11(12)13(3,4)15/h6-8H,15H2,1-5H3. The van der Waals surface area contributed by atoms with Gasteiger partial charge in [0.25, 0.3) is 0 Å². The van der Waals surface area contributed by atoms with Gasteiger partial charge in [0.1, 0.15) is 0 Å². The summed E-state index contributed by atoms with van der Waals surface area (Å²) in [7, 11) is 1.60. The second-order valence-electron chi connectivity index (χ2n) is 4.84. The molecular formula is C13H20ClNO2. The maximum Gasteiger partial charge on any atom is 0.168 e. The smallest absolute Gasteiger partial charge is 0.168 e. The van der Waals surface area contributed by atoms with Crippen molar-refractivity contribution in [3.05, 3.63) is 22.7 Å². The molecule has 0 saturated carbocycles. The second-order valence-corrected chi connectivity index (χ2v) is 5.25. The Morgan fingerprint density at radius 1 is 1.29 bits per heavy atom. The predicted molar refractivity (Wildman–Crippen MR) is 71.0 cm³/mol. The number of hydrogen-bond donors (Lipinski definition) is 1. The van der Waals surface area contributed by atoms with E-state index in [1.807, 2.05) is 27.7 Å². The Hall–Kier alpha value is -0.930. The molecule has 0 radical (unpaired) electrons. The highest BCUT2D eigenvalue weighted by atomic mass is 35.5. The van der Waals surface area contributed by atoms with Crippen molar-refractivity contribution in [1.82, 2.24) is 0 Å². The molecule has 0 aliphatic carbocycles. The lowest BCUT2D eigenvalue weighted by Gasteiger charge is -2.26. The topological polar surface area (TPSA) is 44.5 Å². The largest absolute Gasteiger partial charge is 0.493 e. The van der Waals surface area contributed by atoms with Crippen molar-refractivity contribution in [3.63, 3.8) is 0 Å². The summed E-state index contributed by atoms with van der Waals surface area (Å²) in [5, 5.41) is 0.592. The fourth-order valence-electron chi connectivity index (χ4n) is 1.65. The molecule has 0 saturated heterocycles. The van der Waals surface area contributed by atoms with E-state index in [4.69, 9.17) is 26.8 Å². The van der Waals surface area contributed by atoms with E-state index < -0.39 is 5.54 Å². The van der Waals surface area contributed by atoms with Crippen molar-refractivity contribution in [2.24, 2.45) is 5.73 Å². The van der Waals surface area contributed by atoms with Crippen molar-refractivity contribution in [2.75, 3.05) is 7.11 Å². The Balaban J connectivity index is 3.42. The molecule has 4 heteroatoms. The van der Waals surface area contributed by atoms with Crippen molar-refractivity contribution in [3.8, 4) is 11.5 Å². The zero-order chi connectivity index (χ0) is 13.2. The highest BCUT2D eigenvalue weighted by molar-refractivity contribution is 6.31. The minimum Gasteiger partial charge on any atom is -0.493 e. The molecule has 0 aromatic heterocycles. The van der Waals surface area contributed by atoms with Crippen LogP contribution in [0.25, 0.3) is 0 Å². The SMILES string of the molecule is COc1ccc(Cl)c(C(C)(C)N)c1OC(C)C. The number of nitrogens with two attached hydrogens (primary N) is 1. The Labute approximate surface area is 108 Å². The van der Waals surface area contributed by atoms with Crippen molar-refractivity contribution in [2.45, 2.75) is 39.3 Å². The maximum absolute atomic E-state index is 6.21. The third-order valence-corrected chi connectivity index (χ3v) is 2.60. The third-order valence-electron chi connectivity index (χ3n) is 2.29. The first-order valence-electron chi connectivity index (χ1n) is 5.60. The molecule has 0 aliphatic rings. The molecule has 17 heavy (non-hydrogen) atoms. The van der Waals surface area contributed by atoms with E-state index in [0.29, 0.717) is 16.5 Å². The van der Waals surface area contributed by atoms with Crippen LogP contribution in [0.2, 0.25) is 5.02 Å². The lowest BCUT2D eigenvalue weighted by Crippen LogP contribution is -2.30. The molecule has 0 bridgehead atoms. The van der Waals surface area contributed by atoms with Gasteiger partial charge in [-0.15, -0.1) is 0 Å². The Bertz CT molecular complexity index is 397. The molecule has 0 heterocycles.